The molecular formula is C22H21ClN2O4S. The van der Waals surface area contributed by atoms with Crippen molar-refractivity contribution >= 4 is 33.2 Å². The van der Waals surface area contributed by atoms with E-state index in [2.05, 4.69) is 10.0 Å². The molecule has 0 atom stereocenters. The maximum absolute atomic E-state index is 12.5. The van der Waals surface area contributed by atoms with Crippen molar-refractivity contribution in [3.63, 3.8) is 0 Å². The molecule has 6 nitrogen and oxygen atoms in total. The molecule has 0 spiro atoms. The second-order valence-corrected chi connectivity index (χ2v) is 8.74. The van der Waals surface area contributed by atoms with E-state index < -0.39 is 10.0 Å². The highest BCUT2D eigenvalue weighted by atomic mass is 35.5. The van der Waals surface area contributed by atoms with Gasteiger partial charge in [-0.2, -0.15) is 0 Å². The van der Waals surface area contributed by atoms with Crippen molar-refractivity contribution in [2.75, 3.05) is 11.8 Å². The number of carbonyl (C=O) groups is 1. The van der Waals surface area contributed by atoms with Gasteiger partial charge in [0.25, 0.3) is 15.9 Å². The van der Waals surface area contributed by atoms with Crippen LogP contribution in [-0.4, -0.2) is 21.4 Å². The molecule has 3 aromatic rings. The third-order valence-electron chi connectivity index (χ3n) is 4.38. The summed E-state index contributed by atoms with van der Waals surface area (Å²) in [4.78, 5) is 12.6. The van der Waals surface area contributed by atoms with E-state index >= 15 is 0 Å². The van der Waals surface area contributed by atoms with Gasteiger partial charge in [0.15, 0.2) is 0 Å². The summed E-state index contributed by atoms with van der Waals surface area (Å²) in [6, 6.07) is 18.2. The van der Waals surface area contributed by atoms with Crippen LogP contribution < -0.4 is 14.8 Å². The molecule has 0 aromatic heterocycles. The normalized spacial score (nSPS) is 11.0. The number of amides is 1. The van der Waals surface area contributed by atoms with Gasteiger partial charge in [-0.15, -0.1) is 0 Å². The maximum atomic E-state index is 12.5. The zero-order valence-corrected chi connectivity index (χ0v) is 18.0. The number of halogens is 1. The van der Waals surface area contributed by atoms with Crippen LogP contribution >= 0.6 is 11.6 Å². The monoisotopic (exact) mass is 444 g/mol. The SMILES string of the molecule is COc1cccc(CNC(=O)c2ccc(NS(=O)(=O)c3ccc(C)cc3)cc2Cl)c1. The second-order valence-electron chi connectivity index (χ2n) is 6.65. The van der Waals surface area contributed by atoms with Gasteiger partial charge in [0, 0.05) is 6.54 Å². The zero-order valence-electron chi connectivity index (χ0n) is 16.5. The maximum Gasteiger partial charge on any atom is 0.261 e. The summed E-state index contributed by atoms with van der Waals surface area (Å²) < 4.78 is 32.7. The molecular weight excluding hydrogens is 424 g/mol. The minimum atomic E-state index is -3.75. The van der Waals surface area contributed by atoms with Gasteiger partial charge in [-0.05, 0) is 55.0 Å². The van der Waals surface area contributed by atoms with Gasteiger partial charge in [0.05, 0.1) is 28.3 Å². The van der Waals surface area contributed by atoms with Crippen molar-refractivity contribution in [2.24, 2.45) is 0 Å². The highest BCUT2D eigenvalue weighted by molar-refractivity contribution is 7.92. The number of aryl methyl sites for hydroxylation is 1. The van der Waals surface area contributed by atoms with E-state index in [1.807, 2.05) is 31.2 Å². The minimum absolute atomic E-state index is 0.141. The van der Waals surface area contributed by atoms with Gasteiger partial charge in [0.2, 0.25) is 0 Å². The Balaban J connectivity index is 1.69. The molecule has 0 radical (unpaired) electrons. The molecule has 0 aliphatic rings. The lowest BCUT2D eigenvalue weighted by Crippen LogP contribution is -2.23. The van der Waals surface area contributed by atoms with Crippen molar-refractivity contribution in [2.45, 2.75) is 18.4 Å². The lowest BCUT2D eigenvalue weighted by Gasteiger charge is -2.11. The smallest absolute Gasteiger partial charge is 0.261 e. The summed E-state index contributed by atoms with van der Waals surface area (Å²) in [6.07, 6.45) is 0. The minimum Gasteiger partial charge on any atom is -0.497 e. The summed E-state index contributed by atoms with van der Waals surface area (Å²) >= 11 is 6.23. The fraction of sp³-hybridized carbons (Fsp3) is 0.136. The Morgan fingerprint density at radius 2 is 1.77 bits per heavy atom. The van der Waals surface area contributed by atoms with Crippen LogP contribution in [0.25, 0.3) is 0 Å². The first-order chi connectivity index (χ1) is 14.3. The Bertz CT molecular complexity index is 1160. The number of anilines is 1. The average molecular weight is 445 g/mol. The van der Waals surface area contributed by atoms with E-state index in [-0.39, 0.29) is 27.1 Å². The van der Waals surface area contributed by atoms with Crippen LogP contribution in [0.4, 0.5) is 5.69 Å². The van der Waals surface area contributed by atoms with E-state index in [9.17, 15) is 13.2 Å². The summed E-state index contributed by atoms with van der Waals surface area (Å²) in [5.74, 6) is 0.334. The molecule has 8 heteroatoms. The summed E-state index contributed by atoms with van der Waals surface area (Å²) in [5, 5.41) is 2.93. The first-order valence-corrected chi connectivity index (χ1v) is 10.9. The molecule has 0 heterocycles. The number of hydrogen-bond donors (Lipinski definition) is 2. The first-order valence-electron chi connectivity index (χ1n) is 9.08. The zero-order chi connectivity index (χ0) is 21.7. The Hall–Kier alpha value is -3.03. The number of benzene rings is 3. The van der Waals surface area contributed by atoms with Crippen LogP contribution in [-0.2, 0) is 16.6 Å². The highest BCUT2D eigenvalue weighted by Gasteiger charge is 2.16. The summed E-state index contributed by atoms with van der Waals surface area (Å²) in [5.41, 5.74) is 2.35. The number of sulfonamides is 1. The summed E-state index contributed by atoms with van der Waals surface area (Å²) in [6.45, 7) is 2.18. The van der Waals surface area contributed by atoms with Crippen LogP contribution in [0.1, 0.15) is 21.5 Å². The number of rotatable bonds is 7. The van der Waals surface area contributed by atoms with Crippen molar-refractivity contribution in [3.05, 3.63) is 88.4 Å². The quantitative estimate of drug-likeness (QED) is 0.566. The van der Waals surface area contributed by atoms with Crippen molar-refractivity contribution in [3.8, 4) is 5.75 Å². The van der Waals surface area contributed by atoms with Crippen LogP contribution in [0.15, 0.2) is 71.6 Å². The molecule has 3 rings (SSSR count). The predicted octanol–water partition coefficient (Wildman–Crippen LogP) is 4.39. The number of ether oxygens (including phenoxy) is 1. The molecule has 0 saturated carbocycles. The fourth-order valence-electron chi connectivity index (χ4n) is 2.75. The van der Waals surface area contributed by atoms with Crippen molar-refractivity contribution < 1.29 is 17.9 Å². The van der Waals surface area contributed by atoms with Gasteiger partial charge in [-0.25, -0.2) is 8.42 Å². The molecule has 2 N–H and O–H groups in total. The Morgan fingerprint density at radius 1 is 1.03 bits per heavy atom. The molecule has 0 unspecified atom stereocenters. The third-order valence-corrected chi connectivity index (χ3v) is 6.09. The van der Waals surface area contributed by atoms with E-state index in [4.69, 9.17) is 16.3 Å². The molecule has 1 amide bonds. The van der Waals surface area contributed by atoms with E-state index in [1.54, 1.807) is 19.2 Å². The van der Waals surface area contributed by atoms with Gasteiger partial charge < -0.3 is 10.1 Å². The molecule has 0 aliphatic carbocycles. The van der Waals surface area contributed by atoms with Crippen molar-refractivity contribution in [1.82, 2.24) is 5.32 Å². The van der Waals surface area contributed by atoms with Gasteiger partial charge in [-0.3, -0.25) is 9.52 Å². The van der Waals surface area contributed by atoms with E-state index in [0.717, 1.165) is 11.1 Å². The molecule has 0 saturated heterocycles. The number of methoxy groups -OCH3 is 1. The van der Waals surface area contributed by atoms with Gasteiger partial charge >= 0.3 is 0 Å². The highest BCUT2D eigenvalue weighted by Crippen LogP contribution is 2.24. The Kier molecular flexibility index (Phi) is 6.64. The Morgan fingerprint density at radius 3 is 2.43 bits per heavy atom. The second kappa shape index (κ2) is 9.19. The largest absolute Gasteiger partial charge is 0.497 e. The van der Waals surface area contributed by atoms with Crippen LogP contribution in [0, 0.1) is 6.92 Å². The molecule has 156 valence electrons. The molecule has 0 bridgehead atoms. The fourth-order valence-corrected chi connectivity index (χ4v) is 4.07. The van der Waals surface area contributed by atoms with Crippen LogP contribution in [0.3, 0.4) is 0 Å². The molecule has 0 aliphatic heterocycles. The number of hydrogen-bond acceptors (Lipinski definition) is 4. The topological polar surface area (TPSA) is 84.5 Å². The van der Waals surface area contributed by atoms with Crippen LogP contribution in [0.5, 0.6) is 5.75 Å². The molecule has 0 fully saturated rings. The predicted molar refractivity (Wildman–Crippen MR) is 118 cm³/mol. The number of carbonyl (C=O) groups excluding carboxylic acids is 1. The molecule has 3 aromatic carbocycles. The van der Waals surface area contributed by atoms with Gasteiger partial charge in [0.1, 0.15) is 5.75 Å². The van der Waals surface area contributed by atoms with Gasteiger partial charge in [-0.1, -0.05) is 41.4 Å². The Labute approximate surface area is 180 Å². The van der Waals surface area contributed by atoms with Crippen molar-refractivity contribution in [1.29, 1.82) is 0 Å². The van der Waals surface area contributed by atoms with E-state index in [1.165, 1.54) is 30.3 Å². The lowest BCUT2D eigenvalue weighted by atomic mass is 10.1. The lowest BCUT2D eigenvalue weighted by molar-refractivity contribution is 0.0951. The average Bonchev–Trinajstić information content (AvgIpc) is 2.72. The first kappa shape index (κ1) is 21.7. The molecule has 30 heavy (non-hydrogen) atoms. The summed E-state index contributed by atoms with van der Waals surface area (Å²) in [7, 11) is -2.18. The van der Waals surface area contributed by atoms with E-state index in [0.29, 0.717) is 12.3 Å². The van der Waals surface area contributed by atoms with Crippen LogP contribution in [0.2, 0.25) is 5.02 Å². The number of nitrogens with one attached hydrogen (secondary N) is 2. The third kappa shape index (κ3) is 5.31. The standard InChI is InChI=1S/C22H21ClN2O4S/c1-15-6-9-19(10-7-15)30(27,28)25-17-8-11-20(21(23)13-17)22(26)24-14-16-4-3-5-18(12-16)29-2/h3-13,25H,14H2,1-2H3,(H,24,26).